The third kappa shape index (κ3) is 3.10. The first kappa shape index (κ1) is 15.2. The van der Waals surface area contributed by atoms with Crippen molar-refractivity contribution in [1.29, 1.82) is 0 Å². The second kappa shape index (κ2) is 5.85. The highest BCUT2D eigenvalue weighted by Gasteiger charge is 2.47. The molecule has 3 aliphatic rings. The highest BCUT2D eigenvalue weighted by atomic mass is 32.2. The zero-order valence-corrected chi connectivity index (χ0v) is 13.3. The standard InChI is InChI=1S/C14H24N2O4S/c1-2-6-21(18,19)16-8-11-7-12(13(9-16)20-11)14(17)15-10-4-3-5-10/h10-13H,2-9H2,1H3,(H,15,17)/t11-,12+,13-/m0/s1. The molecule has 0 aromatic heterocycles. The van der Waals surface area contributed by atoms with Crippen LogP contribution >= 0.6 is 0 Å². The minimum Gasteiger partial charge on any atom is -0.371 e. The van der Waals surface area contributed by atoms with E-state index >= 15 is 0 Å². The molecule has 3 fully saturated rings. The first-order valence-electron chi connectivity index (χ1n) is 7.93. The lowest BCUT2D eigenvalue weighted by atomic mass is 9.91. The van der Waals surface area contributed by atoms with E-state index in [1.807, 2.05) is 6.92 Å². The number of rotatable bonds is 5. The van der Waals surface area contributed by atoms with Crippen molar-refractivity contribution >= 4 is 15.9 Å². The van der Waals surface area contributed by atoms with E-state index in [-0.39, 0.29) is 29.8 Å². The fraction of sp³-hybridized carbons (Fsp3) is 0.929. The van der Waals surface area contributed by atoms with Crippen molar-refractivity contribution in [2.45, 2.75) is 57.3 Å². The Morgan fingerprint density at radius 3 is 2.71 bits per heavy atom. The molecule has 6 nitrogen and oxygen atoms in total. The van der Waals surface area contributed by atoms with Crippen molar-refractivity contribution in [1.82, 2.24) is 9.62 Å². The van der Waals surface area contributed by atoms with Crippen LogP contribution in [0.4, 0.5) is 0 Å². The lowest BCUT2D eigenvalue weighted by molar-refractivity contribution is -0.128. The normalized spacial score (nSPS) is 33.7. The Kier molecular flexibility index (Phi) is 4.25. The molecule has 0 radical (unpaired) electrons. The van der Waals surface area contributed by atoms with Gasteiger partial charge in [-0.05, 0) is 32.1 Å². The van der Waals surface area contributed by atoms with Crippen molar-refractivity contribution < 1.29 is 17.9 Å². The number of hydrogen-bond acceptors (Lipinski definition) is 4. The number of carbonyl (C=O) groups excluding carboxylic acids is 1. The molecule has 120 valence electrons. The number of morpholine rings is 1. The molecule has 1 aliphatic carbocycles. The molecule has 0 aromatic carbocycles. The van der Waals surface area contributed by atoms with Gasteiger partial charge < -0.3 is 10.1 Å². The first-order chi connectivity index (χ1) is 9.99. The Balaban J connectivity index is 1.63. The molecular weight excluding hydrogens is 292 g/mol. The average molecular weight is 316 g/mol. The minimum absolute atomic E-state index is 0.0435. The van der Waals surface area contributed by atoms with Gasteiger partial charge in [-0.15, -0.1) is 0 Å². The summed E-state index contributed by atoms with van der Waals surface area (Å²) in [6, 6.07) is 0.317. The highest BCUT2D eigenvalue weighted by molar-refractivity contribution is 7.89. The molecule has 2 aliphatic heterocycles. The molecule has 1 N–H and O–H groups in total. The molecule has 3 atom stereocenters. The van der Waals surface area contributed by atoms with E-state index in [0.29, 0.717) is 32.0 Å². The summed E-state index contributed by atoms with van der Waals surface area (Å²) in [5.41, 5.74) is 0. The number of hydrogen-bond donors (Lipinski definition) is 1. The number of amides is 1. The molecule has 0 unspecified atom stereocenters. The maximum absolute atomic E-state index is 12.3. The van der Waals surface area contributed by atoms with Gasteiger partial charge in [0.2, 0.25) is 15.9 Å². The molecule has 0 aromatic rings. The Hall–Kier alpha value is -0.660. The maximum Gasteiger partial charge on any atom is 0.226 e. The minimum atomic E-state index is -3.20. The monoisotopic (exact) mass is 316 g/mol. The molecule has 1 amide bonds. The zero-order valence-electron chi connectivity index (χ0n) is 12.5. The summed E-state index contributed by atoms with van der Waals surface area (Å²) in [6.07, 6.45) is 4.14. The Labute approximate surface area is 126 Å². The van der Waals surface area contributed by atoms with Crippen molar-refractivity contribution in [3.8, 4) is 0 Å². The van der Waals surface area contributed by atoms with Crippen molar-refractivity contribution in [3.05, 3.63) is 0 Å². The van der Waals surface area contributed by atoms with Crippen LogP contribution in [0.1, 0.15) is 39.0 Å². The quantitative estimate of drug-likeness (QED) is 0.801. The van der Waals surface area contributed by atoms with Gasteiger partial charge in [-0.1, -0.05) is 6.92 Å². The van der Waals surface area contributed by atoms with Crippen molar-refractivity contribution in [2.75, 3.05) is 18.8 Å². The molecule has 1 saturated carbocycles. The van der Waals surface area contributed by atoms with Gasteiger partial charge in [0.15, 0.2) is 0 Å². The van der Waals surface area contributed by atoms with E-state index in [1.54, 1.807) is 0 Å². The van der Waals surface area contributed by atoms with E-state index in [2.05, 4.69) is 5.32 Å². The third-order valence-corrected chi connectivity index (χ3v) is 6.78. The van der Waals surface area contributed by atoms with Crippen LogP contribution in [-0.2, 0) is 19.6 Å². The first-order valence-corrected chi connectivity index (χ1v) is 9.54. The van der Waals surface area contributed by atoms with Crippen LogP contribution in [0.2, 0.25) is 0 Å². The summed E-state index contributed by atoms with van der Waals surface area (Å²) in [6.45, 7) is 2.58. The van der Waals surface area contributed by atoms with E-state index < -0.39 is 10.0 Å². The molecule has 2 heterocycles. The third-order valence-electron chi connectivity index (χ3n) is 4.77. The predicted molar refractivity (Wildman–Crippen MR) is 78.2 cm³/mol. The second-order valence-corrected chi connectivity index (χ2v) is 8.50. The molecule has 21 heavy (non-hydrogen) atoms. The van der Waals surface area contributed by atoms with Gasteiger partial charge >= 0.3 is 0 Å². The van der Waals surface area contributed by atoms with E-state index in [4.69, 9.17) is 4.74 Å². The number of nitrogens with one attached hydrogen (secondary N) is 1. The van der Waals surface area contributed by atoms with Crippen LogP contribution in [0, 0.1) is 5.92 Å². The van der Waals surface area contributed by atoms with E-state index in [1.165, 1.54) is 10.7 Å². The largest absolute Gasteiger partial charge is 0.371 e. The lowest BCUT2D eigenvalue weighted by Crippen LogP contribution is -2.49. The molecular formula is C14H24N2O4S. The van der Waals surface area contributed by atoms with E-state index in [9.17, 15) is 13.2 Å². The lowest BCUT2D eigenvalue weighted by Gasteiger charge is -2.32. The average Bonchev–Trinajstić information content (AvgIpc) is 2.68. The Morgan fingerprint density at radius 1 is 1.33 bits per heavy atom. The van der Waals surface area contributed by atoms with E-state index in [0.717, 1.165) is 12.8 Å². The fourth-order valence-electron chi connectivity index (χ4n) is 3.37. The predicted octanol–water partition coefficient (Wildman–Crippen LogP) is 0.484. The van der Waals surface area contributed by atoms with Gasteiger partial charge in [0.1, 0.15) is 0 Å². The Morgan fingerprint density at radius 2 is 2.10 bits per heavy atom. The number of ether oxygens (including phenoxy) is 1. The van der Waals surface area contributed by atoms with Crippen LogP contribution < -0.4 is 5.32 Å². The summed E-state index contributed by atoms with van der Waals surface area (Å²) < 4.78 is 31.7. The van der Waals surface area contributed by atoms with Crippen molar-refractivity contribution in [2.24, 2.45) is 5.92 Å². The summed E-state index contributed by atoms with van der Waals surface area (Å²) in [4.78, 5) is 12.3. The smallest absolute Gasteiger partial charge is 0.226 e. The number of sulfonamides is 1. The Bertz CT molecular complexity index is 503. The molecule has 0 spiro atoms. The second-order valence-electron chi connectivity index (χ2n) is 6.41. The van der Waals surface area contributed by atoms with Gasteiger partial charge in [0.05, 0.1) is 23.9 Å². The van der Waals surface area contributed by atoms with Gasteiger partial charge in [0.25, 0.3) is 0 Å². The van der Waals surface area contributed by atoms with Crippen LogP contribution in [0.5, 0.6) is 0 Å². The summed E-state index contributed by atoms with van der Waals surface area (Å²) >= 11 is 0. The molecule has 2 saturated heterocycles. The maximum atomic E-state index is 12.3. The van der Waals surface area contributed by atoms with Gasteiger partial charge in [-0.3, -0.25) is 4.79 Å². The number of nitrogens with zero attached hydrogens (tertiary/aromatic N) is 1. The zero-order chi connectivity index (χ0) is 15.0. The molecule has 3 rings (SSSR count). The van der Waals surface area contributed by atoms with Gasteiger partial charge in [-0.2, -0.15) is 4.31 Å². The molecule has 2 bridgehead atoms. The summed E-state index contributed by atoms with van der Waals surface area (Å²) in [5.74, 6) is 0.0186. The van der Waals surface area contributed by atoms with Crippen LogP contribution in [0.15, 0.2) is 0 Å². The SMILES string of the molecule is CCCS(=O)(=O)N1C[C@@H]2C[C@@H](C(=O)NC3CCC3)[C@H](C1)O2. The summed E-state index contributed by atoms with van der Waals surface area (Å²) in [5, 5.41) is 3.06. The van der Waals surface area contributed by atoms with Crippen LogP contribution in [0.3, 0.4) is 0 Å². The van der Waals surface area contributed by atoms with Gasteiger partial charge in [-0.25, -0.2) is 8.42 Å². The van der Waals surface area contributed by atoms with Crippen LogP contribution in [0.25, 0.3) is 0 Å². The highest BCUT2D eigenvalue weighted by Crippen LogP contribution is 2.34. The fourth-order valence-corrected chi connectivity index (χ4v) is 4.92. The van der Waals surface area contributed by atoms with Crippen LogP contribution in [-0.4, -0.2) is 55.7 Å². The topological polar surface area (TPSA) is 75.7 Å². The number of fused-ring (bicyclic) bond motifs is 2. The number of carbonyl (C=O) groups is 1. The van der Waals surface area contributed by atoms with Crippen molar-refractivity contribution in [3.63, 3.8) is 0 Å². The summed E-state index contributed by atoms with van der Waals surface area (Å²) in [7, 11) is -3.20. The van der Waals surface area contributed by atoms with Gasteiger partial charge in [0, 0.05) is 19.1 Å². The molecule has 7 heteroatoms.